The van der Waals surface area contributed by atoms with Crippen LogP contribution in [0.2, 0.25) is 0 Å². The van der Waals surface area contributed by atoms with Crippen LogP contribution < -0.4 is 4.90 Å². The summed E-state index contributed by atoms with van der Waals surface area (Å²) >= 11 is 0. The molecule has 1 saturated heterocycles. The molecule has 0 spiro atoms. The van der Waals surface area contributed by atoms with Crippen LogP contribution in [0.4, 0.5) is 27.9 Å². The molecule has 5 rings (SSSR count). The molecule has 2 N–H and O–H groups in total. The lowest BCUT2D eigenvalue weighted by atomic mass is 10.0. The molecule has 11 nitrogen and oxygen atoms in total. The van der Waals surface area contributed by atoms with Crippen molar-refractivity contribution in [3.05, 3.63) is 35.3 Å². The Balaban J connectivity index is 1.56. The van der Waals surface area contributed by atoms with Crippen molar-refractivity contribution in [1.29, 1.82) is 0 Å². The Hall–Kier alpha value is -3.95. The Bertz CT molecular complexity index is 1370. The highest BCUT2D eigenvalue weighted by molar-refractivity contribution is 5.91. The zero-order valence-corrected chi connectivity index (χ0v) is 17.2. The number of aryl methyl sites for hydroxylation is 1. The Morgan fingerprint density at radius 2 is 2.03 bits per heavy atom. The van der Waals surface area contributed by atoms with Gasteiger partial charge < -0.3 is 14.7 Å². The van der Waals surface area contributed by atoms with Gasteiger partial charge in [0.1, 0.15) is 11.8 Å². The number of nitrogens with zero attached hydrogens (tertiary/aromatic N) is 8. The number of phenolic OH excluding ortho intramolecular Hbond substituents is 1. The van der Waals surface area contributed by atoms with Gasteiger partial charge in [-0.15, -0.1) is 5.10 Å². The summed E-state index contributed by atoms with van der Waals surface area (Å²) in [5.74, 6) is -4.74. The second-order valence-electron chi connectivity index (χ2n) is 7.42. The maximum Gasteiger partial charge on any atom is 0.419 e. The van der Waals surface area contributed by atoms with E-state index in [1.54, 1.807) is 4.90 Å². The van der Waals surface area contributed by atoms with Gasteiger partial charge in [0.2, 0.25) is 5.95 Å². The minimum atomic E-state index is -5.16. The minimum Gasteiger partial charge on any atom is -0.503 e. The molecule has 0 bridgehead atoms. The molecular weight excluding hydrogens is 469 g/mol. The molecule has 3 aromatic heterocycles. The van der Waals surface area contributed by atoms with E-state index in [1.165, 1.54) is 17.9 Å². The number of nitrogens with one attached hydrogen (secondary N) is 1. The number of aromatic nitrogens is 8. The smallest absolute Gasteiger partial charge is 0.419 e. The summed E-state index contributed by atoms with van der Waals surface area (Å²) in [6, 6.07) is 0.262. The molecule has 0 saturated carbocycles. The van der Waals surface area contributed by atoms with Crippen molar-refractivity contribution in [2.75, 3.05) is 24.6 Å². The molecule has 1 aliphatic heterocycles. The molecular formula is C18H14F5N9O2. The third-order valence-corrected chi connectivity index (χ3v) is 5.32. The fourth-order valence-electron chi connectivity index (χ4n) is 3.68. The topological polar surface area (TPSA) is 131 Å². The van der Waals surface area contributed by atoms with Gasteiger partial charge in [-0.05, 0) is 16.5 Å². The first-order valence-electron chi connectivity index (χ1n) is 9.73. The molecule has 4 aromatic rings. The highest BCUT2D eigenvalue weighted by atomic mass is 19.4. The van der Waals surface area contributed by atoms with E-state index in [9.17, 15) is 27.1 Å². The number of aromatic hydroxyl groups is 1. The van der Waals surface area contributed by atoms with Crippen molar-refractivity contribution >= 4 is 17.0 Å². The van der Waals surface area contributed by atoms with E-state index in [1.807, 2.05) is 0 Å². The Labute approximate surface area is 186 Å². The van der Waals surface area contributed by atoms with Crippen molar-refractivity contribution in [2.45, 2.75) is 12.3 Å². The number of morpholine rings is 1. The Morgan fingerprint density at radius 1 is 1.24 bits per heavy atom. The zero-order chi connectivity index (χ0) is 24.2. The van der Waals surface area contributed by atoms with Gasteiger partial charge in [0.05, 0.1) is 24.1 Å². The van der Waals surface area contributed by atoms with Crippen LogP contribution in [-0.2, 0) is 18.0 Å². The van der Waals surface area contributed by atoms with E-state index in [0.29, 0.717) is 25.5 Å². The summed E-state index contributed by atoms with van der Waals surface area (Å²) in [4.78, 5) is 10.5. The molecule has 34 heavy (non-hydrogen) atoms. The standard InChI is InChI=1S/C18H14F5N9O2/c1-31-16-8(13(28-31)7-4-9(18(21,22)23)12(20)14(33)11(7)19)5-24-17(25-16)32-2-3-34-10(6-32)15-26-29-30-27-15/h4-5,10,33H,2-3,6H2,1H3,(H,26,27,29,30). The lowest BCUT2D eigenvalue weighted by Gasteiger charge is -2.31. The highest BCUT2D eigenvalue weighted by Gasteiger charge is 2.38. The van der Waals surface area contributed by atoms with E-state index < -0.39 is 40.8 Å². The van der Waals surface area contributed by atoms with Crippen molar-refractivity contribution in [3.63, 3.8) is 0 Å². The number of anilines is 1. The molecule has 1 aromatic carbocycles. The zero-order valence-electron chi connectivity index (χ0n) is 17.2. The summed E-state index contributed by atoms with van der Waals surface area (Å²) in [6.07, 6.45) is -4.36. The van der Waals surface area contributed by atoms with Crippen LogP contribution in [0.3, 0.4) is 0 Å². The first-order chi connectivity index (χ1) is 16.1. The summed E-state index contributed by atoms with van der Waals surface area (Å²) in [7, 11) is 1.46. The molecule has 1 fully saturated rings. The number of benzene rings is 1. The summed E-state index contributed by atoms with van der Waals surface area (Å²) in [6.45, 7) is 1.07. The van der Waals surface area contributed by atoms with E-state index in [0.717, 1.165) is 0 Å². The molecule has 0 radical (unpaired) electrons. The lowest BCUT2D eigenvalue weighted by Crippen LogP contribution is -2.39. The molecule has 4 heterocycles. The van der Waals surface area contributed by atoms with Gasteiger partial charge in [0.15, 0.2) is 28.9 Å². The number of hydrogen-bond acceptors (Lipinski definition) is 9. The van der Waals surface area contributed by atoms with Crippen molar-refractivity contribution in [1.82, 2.24) is 40.4 Å². The van der Waals surface area contributed by atoms with Gasteiger partial charge in [0.25, 0.3) is 0 Å². The lowest BCUT2D eigenvalue weighted by molar-refractivity contribution is -0.140. The van der Waals surface area contributed by atoms with Crippen LogP contribution in [0.1, 0.15) is 17.5 Å². The van der Waals surface area contributed by atoms with Crippen LogP contribution in [0.5, 0.6) is 5.75 Å². The van der Waals surface area contributed by atoms with Gasteiger partial charge in [-0.2, -0.15) is 23.3 Å². The van der Waals surface area contributed by atoms with Gasteiger partial charge in [0, 0.05) is 25.4 Å². The van der Waals surface area contributed by atoms with E-state index in [4.69, 9.17) is 4.74 Å². The Kier molecular flexibility index (Phi) is 5.03. The molecule has 0 amide bonds. The third-order valence-electron chi connectivity index (χ3n) is 5.32. The van der Waals surface area contributed by atoms with Crippen LogP contribution in [0, 0.1) is 11.6 Å². The molecule has 178 valence electrons. The molecule has 16 heteroatoms. The predicted octanol–water partition coefficient (Wildman–Crippen LogP) is 2.12. The maximum atomic E-state index is 14.6. The fraction of sp³-hybridized carbons (Fsp3) is 0.333. The predicted molar refractivity (Wildman–Crippen MR) is 103 cm³/mol. The summed E-state index contributed by atoms with van der Waals surface area (Å²) in [5, 5.41) is 27.3. The van der Waals surface area contributed by atoms with Gasteiger partial charge in [-0.25, -0.2) is 23.5 Å². The van der Waals surface area contributed by atoms with Crippen LogP contribution >= 0.6 is 0 Å². The highest BCUT2D eigenvalue weighted by Crippen LogP contribution is 2.41. The van der Waals surface area contributed by atoms with Gasteiger partial charge in [-0.3, -0.25) is 0 Å². The molecule has 1 atom stereocenters. The average molecular weight is 483 g/mol. The van der Waals surface area contributed by atoms with E-state index in [-0.39, 0.29) is 28.7 Å². The number of hydrogen-bond donors (Lipinski definition) is 2. The number of rotatable bonds is 3. The largest absolute Gasteiger partial charge is 0.503 e. The second kappa shape index (κ2) is 7.82. The summed E-state index contributed by atoms with van der Waals surface area (Å²) in [5.41, 5.74) is -2.66. The first-order valence-corrected chi connectivity index (χ1v) is 9.73. The number of tetrazole rings is 1. The van der Waals surface area contributed by atoms with E-state index >= 15 is 0 Å². The number of phenols is 1. The molecule has 1 unspecified atom stereocenters. The molecule has 0 aliphatic carbocycles. The van der Waals surface area contributed by atoms with Crippen LogP contribution in [0.25, 0.3) is 22.3 Å². The number of alkyl halides is 3. The maximum absolute atomic E-state index is 14.6. The van der Waals surface area contributed by atoms with Gasteiger partial charge >= 0.3 is 6.18 Å². The van der Waals surface area contributed by atoms with Crippen LogP contribution in [0.15, 0.2) is 12.3 Å². The van der Waals surface area contributed by atoms with Crippen molar-refractivity contribution in [3.8, 4) is 17.0 Å². The number of halogens is 5. The van der Waals surface area contributed by atoms with Crippen molar-refractivity contribution < 1.29 is 31.8 Å². The number of H-pyrrole nitrogens is 1. The number of fused-ring (bicyclic) bond motifs is 1. The van der Waals surface area contributed by atoms with Crippen molar-refractivity contribution in [2.24, 2.45) is 7.05 Å². The minimum absolute atomic E-state index is 0.105. The quantitative estimate of drug-likeness (QED) is 0.421. The monoisotopic (exact) mass is 483 g/mol. The second-order valence-corrected chi connectivity index (χ2v) is 7.42. The third kappa shape index (κ3) is 3.55. The van der Waals surface area contributed by atoms with Crippen LogP contribution in [-0.4, -0.2) is 65.2 Å². The Morgan fingerprint density at radius 3 is 2.74 bits per heavy atom. The number of ether oxygens (including phenoxy) is 1. The normalized spacial score (nSPS) is 17.0. The fourth-order valence-corrected chi connectivity index (χ4v) is 3.68. The summed E-state index contributed by atoms with van der Waals surface area (Å²) < 4.78 is 75.0. The molecule has 1 aliphatic rings. The average Bonchev–Trinajstić information content (AvgIpc) is 3.46. The first kappa shape index (κ1) is 21.9. The van der Waals surface area contributed by atoms with E-state index in [2.05, 4.69) is 35.7 Å². The number of aromatic amines is 1. The van der Waals surface area contributed by atoms with Gasteiger partial charge in [-0.1, -0.05) is 0 Å². The SMILES string of the molecule is Cn1nc(-c2cc(C(F)(F)F)c(F)c(O)c2F)c2cnc(N3CCOC(c4nnn[nH]4)C3)nc21.